The second kappa shape index (κ2) is 6.10. The lowest BCUT2D eigenvalue weighted by molar-refractivity contribution is -0.0291. The third-order valence-electron chi connectivity index (χ3n) is 3.44. The molecule has 0 saturated carbocycles. The molecule has 1 fully saturated rings. The van der Waals surface area contributed by atoms with Crippen molar-refractivity contribution in [2.24, 2.45) is 5.73 Å². The van der Waals surface area contributed by atoms with Gasteiger partial charge in [0.2, 0.25) is 0 Å². The Morgan fingerprint density at radius 2 is 2.53 bits per heavy atom. The SMILES string of the molecule is CCC1COCCN1C(CN)c1cccnc1. The minimum Gasteiger partial charge on any atom is -0.378 e. The lowest BCUT2D eigenvalue weighted by Crippen LogP contribution is -2.48. The number of rotatable bonds is 4. The number of morpholine rings is 1. The van der Waals surface area contributed by atoms with Gasteiger partial charge in [0.15, 0.2) is 0 Å². The lowest BCUT2D eigenvalue weighted by atomic mass is 10.0. The topological polar surface area (TPSA) is 51.4 Å². The average Bonchev–Trinajstić information content (AvgIpc) is 2.41. The molecule has 0 aromatic carbocycles. The number of nitrogens with two attached hydrogens (primary N) is 1. The maximum atomic E-state index is 5.94. The van der Waals surface area contributed by atoms with E-state index in [4.69, 9.17) is 10.5 Å². The molecule has 0 radical (unpaired) electrons. The van der Waals surface area contributed by atoms with Gasteiger partial charge >= 0.3 is 0 Å². The molecule has 1 aromatic heterocycles. The Bertz CT molecular complexity index is 331. The molecule has 4 nitrogen and oxygen atoms in total. The Morgan fingerprint density at radius 1 is 1.65 bits per heavy atom. The van der Waals surface area contributed by atoms with Gasteiger partial charge in [0.05, 0.1) is 13.2 Å². The van der Waals surface area contributed by atoms with Gasteiger partial charge in [-0.3, -0.25) is 9.88 Å². The fourth-order valence-electron chi connectivity index (χ4n) is 2.47. The first-order valence-electron chi connectivity index (χ1n) is 6.30. The Kier molecular flexibility index (Phi) is 4.48. The van der Waals surface area contributed by atoms with E-state index in [2.05, 4.69) is 22.9 Å². The van der Waals surface area contributed by atoms with Gasteiger partial charge in [0, 0.05) is 37.6 Å². The third kappa shape index (κ3) is 2.83. The zero-order valence-corrected chi connectivity index (χ0v) is 10.4. The number of hydrogen-bond acceptors (Lipinski definition) is 4. The first-order chi connectivity index (χ1) is 8.36. The van der Waals surface area contributed by atoms with E-state index in [0.717, 1.165) is 26.2 Å². The number of aromatic nitrogens is 1. The molecule has 0 aliphatic carbocycles. The summed E-state index contributed by atoms with van der Waals surface area (Å²) < 4.78 is 5.54. The fourth-order valence-corrected chi connectivity index (χ4v) is 2.47. The van der Waals surface area contributed by atoms with Crippen LogP contribution in [-0.4, -0.2) is 42.2 Å². The quantitative estimate of drug-likeness (QED) is 0.852. The van der Waals surface area contributed by atoms with E-state index in [1.54, 1.807) is 6.20 Å². The van der Waals surface area contributed by atoms with Crippen molar-refractivity contribution in [3.63, 3.8) is 0 Å². The summed E-state index contributed by atoms with van der Waals surface area (Å²) in [4.78, 5) is 6.64. The van der Waals surface area contributed by atoms with Crippen molar-refractivity contribution in [3.8, 4) is 0 Å². The summed E-state index contributed by atoms with van der Waals surface area (Å²) in [7, 11) is 0. The molecule has 1 aliphatic rings. The minimum absolute atomic E-state index is 0.262. The molecule has 1 aromatic rings. The molecule has 94 valence electrons. The molecule has 2 N–H and O–H groups in total. The molecule has 17 heavy (non-hydrogen) atoms. The second-order valence-electron chi connectivity index (χ2n) is 4.41. The second-order valence-corrected chi connectivity index (χ2v) is 4.41. The first-order valence-corrected chi connectivity index (χ1v) is 6.30. The molecule has 1 saturated heterocycles. The normalized spacial score (nSPS) is 23.5. The smallest absolute Gasteiger partial charge is 0.0622 e. The summed E-state index contributed by atoms with van der Waals surface area (Å²) >= 11 is 0. The summed E-state index contributed by atoms with van der Waals surface area (Å²) in [5.41, 5.74) is 7.15. The predicted octanol–water partition coefficient (Wildman–Crippen LogP) is 1.19. The first kappa shape index (κ1) is 12.5. The predicted molar refractivity (Wildman–Crippen MR) is 67.6 cm³/mol. The molecular weight excluding hydrogens is 214 g/mol. The van der Waals surface area contributed by atoms with E-state index in [1.165, 1.54) is 5.56 Å². The summed E-state index contributed by atoms with van der Waals surface area (Å²) in [6.07, 6.45) is 4.81. The van der Waals surface area contributed by atoms with E-state index in [1.807, 2.05) is 12.3 Å². The standard InChI is InChI=1S/C13H21N3O/c1-2-12-10-17-7-6-16(12)13(8-14)11-4-3-5-15-9-11/h3-5,9,12-13H,2,6-8,10,14H2,1H3. The fraction of sp³-hybridized carbons (Fsp3) is 0.615. The Labute approximate surface area is 103 Å². The van der Waals surface area contributed by atoms with Crippen molar-refractivity contribution in [3.05, 3.63) is 30.1 Å². The Balaban J connectivity index is 2.16. The summed E-state index contributed by atoms with van der Waals surface area (Å²) in [6, 6.07) is 4.81. The molecule has 2 heterocycles. The zero-order valence-electron chi connectivity index (χ0n) is 10.4. The maximum absolute atomic E-state index is 5.94. The highest BCUT2D eigenvalue weighted by Gasteiger charge is 2.28. The van der Waals surface area contributed by atoms with Crippen LogP contribution < -0.4 is 5.73 Å². The van der Waals surface area contributed by atoms with Gasteiger partial charge in [-0.05, 0) is 18.1 Å². The van der Waals surface area contributed by atoms with Crippen molar-refractivity contribution in [1.82, 2.24) is 9.88 Å². The highest BCUT2D eigenvalue weighted by atomic mass is 16.5. The van der Waals surface area contributed by atoms with Gasteiger partial charge in [-0.25, -0.2) is 0 Å². The number of hydrogen-bond donors (Lipinski definition) is 1. The van der Waals surface area contributed by atoms with Gasteiger partial charge in [-0.1, -0.05) is 13.0 Å². The van der Waals surface area contributed by atoms with E-state index in [-0.39, 0.29) is 6.04 Å². The average molecular weight is 235 g/mol. The molecular formula is C13H21N3O. The van der Waals surface area contributed by atoms with Crippen molar-refractivity contribution in [2.75, 3.05) is 26.3 Å². The molecule has 2 atom stereocenters. The van der Waals surface area contributed by atoms with Gasteiger partial charge < -0.3 is 10.5 Å². The van der Waals surface area contributed by atoms with Crippen molar-refractivity contribution >= 4 is 0 Å². The van der Waals surface area contributed by atoms with Crippen LogP contribution in [0.1, 0.15) is 24.9 Å². The monoisotopic (exact) mass is 235 g/mol. The van der Waals surface area contributed by atoms with Crippen molar-refractivity contribution in [2.45, 2.75) is 25.4 Å². The Hall–Kier alpha value is -0.970. The largest absolute Gasteiger partial charge is 0.378 e. The van der Waals surface area contributed by atoms with Crippen LogP contribution in [0.2, 0.25) is 0 Å². The highest BCUT2D eigenvalue weighted by Crippen LogP contribution is 2.24. The molecule has 1 aliphatic heterocycles. The van der Waals surface area contributed by atoms with Gasteiger partial charge in [-0.2, -0.15) is 0 Å². The molecule has 4 heteroatoms. The van der Waals surface area contributed by atoms with E-state index >= 15 is 0 Å². The van der Waals surface area contributed by atoms with Crippen LogP contribution >= 0.6 is 0 Å². The van der Waals surface area contributed by atoms with Crippen LogP contribution in [0.3, 0.4) is 0 Å². The van der Waals surface area contributed by atoms with Gasteiger partial charge in [-0.15, -0.1) is 0 Å². The van der Waals surface area contributed by atoms with Crippen molar-refractivity contribution in [1.29, 1.82) is 0 Å². The van der Waals surface area contributed by atoms with Crippen LogP contribution in [0.25, 0.3) is 0 Å². The highest BCUT2D eigenvalue weighted by molar-refractivity contribution is 5.15. The van der Waals surface area contributed by atoms with Crippen LogP contribution in [0.15, 0.2) is 24.5 Å². The molecule has 2 rings (SSSR count). The van der Waals surface area contributed by atoms with E-state index < -0.39 is 0 Å². The summed E-state index contributed by atoms with van der Waals surface area (Å²) in [5.74, 6) is 0. The van der Waals surface area contributed by atoms with E-state index in [0.29, 0.717) is 12.6 Å². The number of ether oxygens (including phenoxy) is 1. The number of pyridine rings is 1. The third-order valence-corrected chi connectivity index (χ3v) is 3.44. The summed E-state index contributed by atoms with van der Waals surface area (Å²) in [5, 5.41) is 0. The van der Waals surface area contributed by atoms with Gasteiger partial charge in [0.25, 0.3) is 0 Å². The molecule has 2 unspecified atom stereocenters. The van der Waals surface area contributed by atoms with E-state index in [9.17, 15) is 0 Å². The minimum atomic E-state index is 0.262. The molecule has 0 bridgehead atoms. The van der Waals surface area contributed by atoms with Crippen LogP contribution in [0.5, 0.6) is 0 Å². The number of nitrogens with zero attached hydrogens (tertiary/aromatic N) is 2. The maximum Gasteiger partial charge on any atom is 0.0622 e. The lowest BCUT2D eigenvalue weighted by Gasteiger charge is -2.40. The summed E-state index contributed by atoms with van der Waals surface area (Å²) in [6.45, 7) is 5.39. The molecule has 0 amide bonds. The van der Waals surface area contributed by atoms with Gasteiger partial charge in [0.1, 0.15) is 0 Å². The van der Waals surface area contributed by atoms with Crippen LogP contribution in [0.4, 0.5) is 0 Å². The Morgan fingerprint density at radius 3 is 3.18 bits per heavy atom. The zero-order chi connectivity index (χ0) is 12.1. The van der Waals surface area contributed by atoms with Crippen LogP contribution in [-0.2, 0) is 4.74 Å². The molecule has 0 spiro atoms. The van der Waals surface area contributed by atoms with Crippen LogP contribution in [0, 0.1) is 0 Å². The van der Waals surface area contributed by atoms with Crippen molar-refractivity contribution < 1.29 is 4.74 Å².